The van der Waals surface area contributed by atoms with E-state index in [-0.39, 0.29) is 52.7 Å². The van der Waals surface area contributed by atoms with Crippen molar-refractivity contribution >= 4 is 47.3 Å². The number of carbonyl (C=O) groups excluding carboxylic acids is 8. The predicted octanol–water partition coefficient (Wildman–Crippen LogP) is -0.785. The van der Waals surface area contributed by atoms with Crippen LogP contribution in [0.3, 0.4) is 0 Å². The lowest BCUT2D eigenvalue weighted by Gasteiger charge is -2.36. The van der Waals surface area contributed by atoms with Gasteiger partial charge in [-0.1, -0.05) is 35.1 Å². The lowest BCUT2D eigenvalue weighted by atomic mass is 10.1. The fourth-order valence-electron chi connectivity index (χ4n) is 6.72. The van der Waals surface area contributed by atoms with Gasteiger partial charge in [-0.25, -0.2) is 0 Å². The third-order valence-electron chi connectivity index (χ3n) is 11.2. The van der Waals surface area contributed by atoms with Crippen LogP contribution in [-0.4, -0.2) is 229 Å². The molecule has 0 aliphatic rings. The minimum absolute atomic E-state index is 0. The summed E-state index contributed by atoms with van der Waals surface area (Å²) < 4.78 is 0. The van der Waals surface area contributed by atoms with Gasteiger partial charge >= 0.3 is 0 Å². The van der Waals surface area contributed by atoms with Crippen molar-refractivity contribution in [1.29, 1.82) is 0 Å². The second-order valence-electron chi connectivity index (χ2n) is 17.4. The number of amides is 8. The first kappa shape index (κ1) is 63.6. The molecule has 21 nitrogen and oxygen atoms in total. The van der Waals surface area contributed by atoms with Gasteiger partial charge in [0.2, 0.25) is 47.3 Å². The third kappa shape index (κ3) is 23.3. The van der Waals surface area contributed by atoms with Crippen molar-refractivity contribution in [3.8, 4) is 0 Å². The van der Waals surface area contributed by atoms with E-state index >= 15 is 0 Å². The Morgan fingerprint density at radius 1 is 0.409 bits per heavy atom. The molecule has 0 spiro atoms. The largest absolute Gasteiger partial charge is 0.392 e. The molecule has 66 heavy (non-hydrogen) atoms. The molecular formula is C45H87N9O12. The van der Waals surface area contributed by atoms with Crippen LogP contribution in [0.25, 0.3) is 0 Å². The first-order valence-corrected chi connectivity index (χ1v) is 23.0. The van der Waals surface area contributed by atoms with Crippen molar-refractivity contribution < 1.29 is 58.8 Å². The second-order valence-corrected chi connectivity index (χ2v) is 17.4. The Bertz CT molecular complexity index is 1530. The van der Waals surface area contributed by atoms with Crippen LogP contribution < -0.4 is 11.1 Å². The minimum atomic E-state index is -1.12. The fraction of sp³-hybridized carbons (Fsp3) is 0.822. The molecule has 8 unspecified atom stereocenters. The number of aliphatic hydroxyl groups excluding tert-OH is 4. The highest BCUT2D eigenvalue weighted by molar-refractivity contribution is 5.93. The average molecular weight is 946 g/mol. The maximum atomic E-state index is 14.2. The molecule has 0 bridgehead atoms. The van der Waals surface area contributed by atoms with Crippen LogP contribution in [0, 0.1) is 0 Å². The number of rotatable bonds is 32. The van der Waals surface area contributed by atoms with E-state index in [2.05, 4.69) is 5.32 Å². The third-order valence-corrected chi connectivity index (χ3v) is 11.2. The van der Waals surface area contributed by atoms with Crippen LogP contribution in [0.2, 0.25) is 0 Å². The van der Waals surface area contributed by atoms with Gasteiger partial charge in [0.05, 0.1) is 57.1 Å². The van der Waals surface area contributed by atoms with Crippen LogP contribution >= 0.6 is 0 Å². The molecule has 0 aromatic carbocycles. The molecule has 384 valence electrons. The van der Waals surface area contributed by atoms with Crippen LogP contribution in [0.4, 0.5) is 0 Å². The highest BCUT2D eigenvalue weighted by Gasteiger charge is 2.34. The van der Waals surface area contributed by atoms with Gasteiger partial charge in [-0.05, 0) is 81.1 Å². The van der Waals surface area contributed by atoms with E-state index in [0.717, 1.165) is 9.80 Å². The van der Waals surface area contributed by atoms with Crippen LogP contribution in [-0.2, 0) is 38.4 Å². The number of hydrogen-bond acceptors (Lipinski definition) is 13. The zero-order chi connectivity index (χ0) is 50.3. The first-order chi connectivity index (χ1) is 30.2. The van der Waals surface area contributed by atoms with E-state index in [1.54, 1.807) is 41.5 Å². The summed E-state index contributed by atoms with van der Waals surface area (Å²) in [5.74, 6) is -5.01. The van der Waals surface area contributed by atoms with E-state index < -0.39 is 129 Å². The molecule has 0 aromatic heterocycles. The van der Waals surface area contributed by atoms with Crippen LogP contribution in [0.5, 0.6) is 0 Å². The average Bonchev–Trinajstić information content (AvgIpc) is 3.22. The van der Waals surface area contributed by atoms with Gasteiger partial charge in [-0.3, -0.25) is 38.4 Å². The van der Waals surface area contributed by atoms with Crippen molar-refractivity contribution in [2.24, 2.45) is 5.73 Å². The van der Waals surface area contributed by atoms with Gasteiger partial charge in [-0.2, -0.15) is 0 Å². The maximum absolute atomic E-state index is 14.2. The summed E-state index contributed by atoms with van der Waals surface area (Å²) in [5, 5.41) is 43.4. The summed E-state index contributed by atoms with van der Waals surface area (Å²) in [4.78, 5) is 117. The molecule has 0 heterocycles. The van der Waals surface area contributed by atoms with E-state index in [1.165, 1.54) is 45.3 Å². The van der Waals surface area contributed by atoms with Gasteiger partial charge in [-0.15, -0.1) is 0 Å². The van der Waals surface area contributed by atoms with Crippen molar-refractivity contribution in [1.82, 2.24) is 39.6 Å². The molecule has 8 amide bonds. The summed E-state index contributed by atoms with van der Waals surface area (Å²) >= 11 is 0. The molecule has 7 N–H and O–H groups in total. The molecule has 21 heteroatoms. The van der Waals surface area contributed by atoms with E-state index in [4.69, 9.17) is 5.73 Å². The van der Waals surface area contributed by atoms with Gasteiger partial charge in [0.25, 0.3) is 0 Å². The standard InChI is InChI=1S/C44H83N9O12.CH4/c1-13-29(5)50(22-37(45)58)43(64)27-52(31(7)15-3)42(63)25-49(21-36(12)57)39(60)23-48(20-35(11)56)40(61)26-51(30(6)14-2)44(65)28-53(32(8)16-4)41(62)24-47(19-34(10)55)38(59)18-46-17-33(9)54;/h29-36,46,54-57H,13-28H2,1-12H3,(H2,45,58);1H4. The number of nitrogens with two attached hydrogens (primary N) is 1. The Hall–Kier alpha value is -4.44. The lowest BCUT2D eigenvalue weighted by molar-refractivity contribution is -0.151. The summed E-state index contributed by atoms with van der Waals surface area (Å²) in [5.41, 5.74) is 5.42. The topological polar surface area (TPSA) is 278 Å². The SMILES string of the molecule is C.CCC(C)N(CC(N)=O)C(=O)CN(C(=O)CN(CC(C)O)C(=O)CN(CC(C)O)C(=O)CN(C(=O)CN(C(=O)CN(CC(C)O)C(=O)CNCC(C)O)C(C)CC)C(C)CC)C(C)CC. The fourth-order valence-corrected chi connectivity index (χ4v) is 6.72. The van der Waals surface area contributed by atoms with E-state index in [0.29, 0.717) is 25.7 Å². The summed E-state index contributed by atoms with van der Waals surface area (Å²) in [6.07, 6.45) is -2.12. The molecule has 0 fully saturated rings. The molecule has 0 radical (unpaired) electrons. The number of carbonyl (C=O) groups is 8. The summed E-state index contributed by atoms with van der Waals surface area (Å²) in [6, 6.07) is -1.84. The highest BCUT2D eigenvalue weighted by atomic mass is 16.3. The predicted molar refractivity (Wildman–Crippen MR) is 251 cm³/mol. The molecular weight excluding hydrogens is 859 g/mol. The molecule has 0 aromatic rings. The number of primary amides is 1. The van der Waals surface area contributed by atoms with Crippen molar-refractivity contribution in [2.75, 3.05) is 78.5 Å². The molecule has 0 rings (SSSR count). The Morgan fingerprint density at radius 3 is 0.955 bits per heavy atom. The zero-order valence-corrected chi connectivity index (χ0v) is 41.2. The number of nitrogens with zero attached hydrogens (tertiary/aromatic N) is 7. The molecule has 8 atom stereocenters. The van der Waals surface area contributed by atoms with Crippen LogP contribution in [0.1, 0.15) is 116 Å². The number of nitrogens with one attached hydrogen (secondary N) is 1. The maximum Gasteiger partial charge on any atom is 0.242 e. The van der Waals surface area contributed by atoms with Crippen molar-refractivity contribution in [3.63, 3.8) is 0 Å². The van der Waals surface area contributed by atoms with Gasteiger partial charge in [0, 0.05) is 50.3 Å². The summed E-state index contributed by atoms with van der Waals surface area (Å²) in [6.45, 7) is 15.7. The molecule has 0 aliphatic carbocycles. The molecule has 0 saturated heterocycles. The monoisotopic (exact) mass is 946 g/mol. The Kier molecular flexibility index (Phi) is 31.1. The molecule has 0 saturated carbocycles. The van der Waals surface area contributed by atoms with Gasteiger partial charge < -0.3 is 65.8 Å². The van der Waals surface area contributed by atoms with E-state index in [9.17, 15) is 58.8 Å². The van der Waals surface area contributed by atoms with Gasteiger partial charge in [0.15, 0.2) is 0 Å². The van der Waals surface area contributed by atoms with Crippen LogP contribution in [0.15, 0.2) is 0 Å². The van der Waals surface area contributed by atoms with Gasteiger partial charge in [0.1, 0.15) is 19.6 Å². The number of aliphatic hydroxyl groups is 4. The number of hydrogen-bond donors (Lipinski definition) is 6. The quantitative estimate of drug-likeness (QED) is 0.0484. The normalized spacial score (nSPS) is 14.7. The highest BCUT2D eigenvalue weighted by Crippen LogP contribution is 2.14. The Balaban J connectivity index is 0. The zero-order valence-electron chi connectivity index (χ0n) is 41.2. The Morgan fingerprint density at radius 2 is 0.667 bits per heavy atom. The first-order valence-electron chi connectivity index (χ1n) is 23.0. The lowest BCUT2D eigenvalue weighted by Crippen LogP contribution is -2.56. The minimum Gasteiger partial charge on any atom is -0.392 e. The smallest absolute Gasteiger partial charge is 0.242 e. The van der Waals surface area contributed by atoms with E-state index in [1.807, 2.05) is 20.8 Å². The van der Waals surface area contributed by atoms with Crippen molar-refractivity contribution in [2.45, 2.75) is 165 Å². The molecule has 0 aliphatic heterocycles. The Labute approximate surface area is 393 Å². The second kappa shape index (κ2) is 32.3. The summed E-state index contributed by atoms with van der Waals surface area (Å²) in [7, 11) is 0. The van der Waals surface area contributed by atoms with Crippen molar-refractivity contribution in [3.05, 3.63) is 0 Å².